The Bertz CT molecular complexity index is 880. The molecule has 0 saturated carbocycles. The van der Waals surface area contributed by atoms with Gasteiger partial charge in [0.05, 0.1) is 11.9 Å². The Kier molecular flexibility index (Phi) is 5.75. The van der Waals surface area contributed by atoms with Crippen LogP contribution in [0, 0.1) is 13.8 Å². The van der Waals surface area contributed by atoms with Crippen LogP contribution < -0.4 is 9.62 Å². The molecule has 0 saturated heterocycles. The third kappa shape index (κ3) is 4.74. The van der Waals surface area contributed by atoms with E-state index in [1.54, 1.807) is 43.3 Å². The normalized spacial score (nSPS) is 12.5. The van der Waals surface area contributed by atoms with Crippen LogP contribution in [0.3, 0.4) is 0 Å². The summed E-state index contributed by atoms with van der Waals surface area (Å²) in [5.74, 6) is -0.425. The average Bonchev–Trinajstić information content (AvgIpc) is 2.51. The van der Waals surface area contributed by atoms with Gasteiger partial charge in [0.25, 0.3) is 0 Å². The largest absolute Gasteiger partial charge is 0.324 e. The molecule has 0 aliphatic heterocycles. The Morgan fingerprint density at radius 2 is 1.68 bits per heavy atom. The van der Waals surface area contributed by atoms with Crippen LogP contribution in [0.2, 0.25) is 5.02 Å². The highest BCUT2D eigenvalue weighted by Gasteiger charge is 2.29. The molecule has 5 nitrogen and oxygen atoms in total. The molecule has 0 spiro atoms. The van der Waals surface area contributed by atoms with Crippen molar-refractivity contribution in [1.29, 1.82) is 0 Å². The Morgan fingerprint density at radius 1 is 1.08 bits per heavy atom. The van der Waals surface area contributed by atoms with Gasteiger partial charge in [-0.15, -0.1) is 0 Å². The third-order valence-corrected chi connectivity index (χ3v) is 5.44. The summed E-state index contributed by atoms with van der Waals surface area (Å²) in [7, 11) is -3.64. The minimum atomic E-state index is -3.64. The number of carbonyl (C=O) groups is 1. The molecule has 2 aromatic rings. The van der Waals surface area contributed by atoms with E-state index in [4.69, 9.17) is 11.6 Å². The van der Waals surface area contributed by atoms with Crippen LogP contribution in [-0.4, -0.2) is 26.6 Å². The van der Waals surface area contributed by atoms with Crippen molar-refractivity contribution in [1.82, 2.24) is 0 Å². The van der Waals surface area contributed by atoms with Gasteiger partial charge < -0.3 is 5.32 Å². The molecule has 0 aliphatic rings. The monoisotopic (exact) mass is 380 g/mol. The van der Waals surface area contributed by atoms with Crippen LogP contribution in [0.15, 0.2) is 42.5 Å². The number of halogens is 1. The number of amides is 1. The molecular formula is C18H21ClN2O3S. The molecule has 134 valence electrons. The molecule has 0 aliphatic carbocycles. The molecule has 0 heterocycles. The van der Waals surface area contributed by atoms with Gasteiger partial charge in [0.15, 0.2) is 0 Å². The van der Waals surface area contributed by atoms with E-state index >= 15 is 0 Å². The van der Waals surface area contributed by atoms with Gasteiger partial charge >= 0.3 is 0 Å². The van der Waals surface area contributed by atoms with Crippen molar-refractivity contribution in [2.75, 3.05) is 15.9 Å². The first-order valence-corrected chi connectivity index (χ1v) is 9.95. The predicted octanol–water partition coefficient (Wildman–Crippen LogP) is 3.75. The number of benzene rings is 2. The number of nitrogens with one attached hydrogen (secondary N) is 1. The summed E-state index contributed by atoms with van der Waals surface area (Å²) in [6, 6.07) is 11.0. The molecular weight excluding hydrogens is 360 g/mol. The topological polar surface area (TPSA) is 66.5 Å². The second kappa shape index (κ2) is 7.45. The van der Waals surface area contributed by atoms with Crippen molar-refractivity contribution < 1.29 is 13.2 Å². The van der Waals surface area contributed by atoms with E-state index in [1.807, 2.05) is 19.9 Å². The molecule has 7 heteroatoms. The van der Waals surface area contributed by atoms with Gasteiger partial charge in [0, 0.05) is 10.7 Å². The summed E-state index contributed by atoms with van der Waals surface area (Å²) in [5.41, 5.74) is 3.02. The highest BCUT2D eigenvalue weighted by molar-refractivity contribution is 7.92. The zero-order valence-electron chi connectivity index (χ0n) is 14.6. The second-order valence-electron chi connectivity index (χ2n) is 6.00. The lowest BCUT2D eigenvalue weighted by molar-refractivity contribution is -0.116. The highest BCUT2D eigenvalue weighted by atomic mass is 35.5. The van der Waals surface area contributed by atoms with E-state index in [-0.39, 0.29) is 0 Å². The van der Waals surface area contributed by atoms with E-state index in [0.717, 1.165) is 21.7 Å². The second-order valence-corrected chi connectivity index (χ2v) is 8.30. The number of aryl methyl sites for hydroxylation is 2. The summed E-state index contributed by atoms with van der Waals surface area (Å²) >= 11 is 5.83. The smallest absolute Gasteiger partial charge is 0.247 e. The number of anilines is 2. The van der Waals surface area contributed by atoms with Crippen molar-refractivity contribution in [2.45, 2.75) is 26.8 Å². The van der Waals surface area contributed by atoms with Gasteiger partial charge in [0.1, 0.15) is 6.04 Å². The first-order valence-electron chi connectivity index (χ1n) is 7.72. The van der Waals surface area contributed by atoms with Gasteiger partial charge in [-0.25, -0.2) is 8.42 Å². The maximum absolute atomic E-state index is 12.6. The minimum absolute atomic E-state index is 0.425. The SMILES string of the molecule is Cc1ccc(N([C@@H](C)C(=O)Nc2ccc(Cl)cc2)S(C)(=O)=O)cc1C. The predicted molar refractivity (Wildman–Crippen MR) is 103 cm³/mol. The number of nitrogens with zero attached hydrogens (tertiary/aromatic N) is 1. The Labute approximate surface area is 153 Å². The zero-order valence-corrected chi connectivity index (χ0v) is 16.1. The van der Waals surface area contributed by atoms with Crippen molar-refractivity contribution in [3.63, 3.8) is 0 Å². The lowest BCUT2D eigenvalue weighted by Crippen LogP contribution is -2.45. The average molecular weight is 381 g/mol. The van der Waals surface area contributed by atoms with E-state index in [9.17, 15) is 13.2 Å². The van der Waals surface area contributed by atoms with Gasteiger partial charge in [-0.3, -0.25) is 9.10 Å². The van der Waals surface area contributed by atoms with Crippen LogP contribution >= 0.6 is 11.6 Å². The van der Waals surface area contributed by atoms with Crippen LogP contribution in [-0.2, 0) is 14.8 Å². The van der Waals surface area contributed by atoms with Crippen LogP contribution in [0.25, 0.3) is 0 Å². The van der Waals surface area contributed by atoms with E-state index < -0.39 is 22.0 Å². The molecule has 0 fully saturated rings. The maximum Gasteiger partial charge on any atom is 0.247 e. The summed E-state index contributed by atoms with van der Waals surface area (Å²) in [5, 5.41) is 3.27. The fraction of sp³-hybridized carbons (Fsp3) is 0.278. The molecule has 0 aromatic heterocycles. The molecule has 25 heavy (non-hydrogen) atoms. The third-order valence-electron chi connectivity index (χ3n) is 3.95. The van der Waals surface area contributed by atoms with Crippen LogP contribution in [0.4, 0.5) is 11.4 Å². The first-order chi connectivity index (χ1) is 11.6. The molecule has 0 unspecified atom stereocenters. The molecule has 0 radical (unpaired) electrons. The van der Waals surface area contributed by atoms with Gasteiger partial charge in [-0.05, 0) is 68.3 Å². The Morgan fingerprint density at radius 3 is 2.20 bits per heavy atom. The quantitative estimate of drug-likeness (QED) is 0.858. The number of sulfonamides is 1. The van der Waals surface area contributed by atoms with E-state index in [1.165, 1.54) is 0 Å². The number of carbonyl (C=O) groups excluding carboxylic acids is 1. The fourth-order valence-corrected chi connectivity index (χ4v) is 3.74. The Hall–Kier alpha value is -2.05. The lowest BCUT2D eigenvalue weighted by atomic mass is 10.1. The van der Waals surface area contributed by atoms with Crippen LogP contribution in [0.5, 0.6) is 0 Å². The summed E-state index contributed by atoms with van der Waals surface area (Å²) < 4.78 is 25.7. The molecule has 0 bridgehead atoms. The fourth-order valence-electron chi connectivity index (χ4n) is 2.45. The minimum Gasteiger partial charge on any atom is -0.324 e. The van der Waals surface area contributed by atoms with Gasteiger partial charge in [-0.2, -0.15) is 0 Å². The van der Waals surface area contributed by atoms with Crippen molar-refractivity contribution in [3.05, 3.63) is 58.6 Å². The van der Waals surface area contributed by atoms with Gasteiger partial charge in [-0.1, -0.05) is 17.7 Å². The van der Waals surface area contributed by atoms with Crippen molar-refractivity contribution in [2.24, 2.45) is 0 Å². The molecule has 1 N–H and O–H groups in total. The number of hydrogen-bond donors (Lipinski definition) is 1. The van der Waals surface area contributed by atoms with Gasteiger partial charge in [0.2, 0.25) is 15.9 Å². The maximum atomic E-state index is 12.6. The summed E-state index contributed by atoms with van der Waals surface area (Å²) in [6.45, 7) is 5.40. The van der Waals surface area contributed by atoms with Crippen molar-refractivity contribution in [3.8, 4) is 0 Å². The zero-order chi connectivity index (χ0) is 18.8. The highest BCUT2D eigenvalue weighted by Crippen LogP contribution is 2.24. The van der Waals surface area contributed by atoms with E-state index in [0.29, 0.717) is 16.4 Å². The molecule has 2 aromatic carbocycles. The first kappa shape index (κ1) is 19.3. The Balaban J connectivity index is 2.32. The number of rotatable bonds is 5. The molecule has 1 atom stereocenters. The number of hydrogen-bond acceptors (Lipinski definition) is 3. The summed E-state index contributed by atoms with van der Waals surface area (Å²) in [6.07, 6.45) is 1.09. The molecule has 2 rings (SSSR count). The molecule has 1 amide bonds. The lowest BCUT2D eigenvalue weighted by Gasteiger charge is -2.28. The van der Waals surface area contributed by atoms with E-state index in [2.05, 4.69) is 5.32 Å². The van der Waals surface area contributed by atoms with Crippen LogP contribution in [0.1, 0.15) is 18.1 Å². The summed E-state index contributed by atoms with van der Waals surface area (Å²) in [4.78, 5) is 12.6. The van der Waals surface area contributed by atoms with Crippen molar-refractivity contribution >= 4 is 38.9 Å². The standard InChI is InChI=1S/C18H21ClN2O3S/c1-12-5-10-17(11-13(12)2)21(25(4,23)24)14(3)18(22)20-16-8-6-15(19)7-9-16/h5-11,14H,1-4H3,(H,20,22)/t14-/m0/s1.